The Hall–Kier alpha value is -1.62. The molecule has 1 heterocycles. The summed E-state index contributed by atoms with van der Waals surface area (Å²) < 4.78 is 7.56. The Balaban J connectivity index is 2.59. The molecule has 1 aromatic carbocycles. The minimum absolute atomic E-state index is 0.122. The van der Waals surface area contributed by atoms with Gasteiger partial charge in [-0.1, -0.05) is 0 Å². The van der Waals surface area contributed by atoms with Gasteiger partial charge in [0.05, 0.1) is 0 Å². The van der Waals surface area contributed by atoms with Crippen molar-refractivity contribution >= 4 is 16.2 Å². The van der Waals surface area contributed by atoms with E-state index in [9.17, 15) is 9.59 Å². The quantitative estimate of drug-likeness (QED) is 0.774. The Kier molecular flexibility index (Phi) is 4.37. The van der Waals surface area contributed by atoms with E-state index in [1.54, 1.807) is 0 Å². The van der Waals surface area contributed by atoms with E-state index in [2.05, 4.69) is 16.2 Å². The number of hydrogen-bond donors (Lipinski definition) is 0. The molecule has 0 unspecified atom stereocenters. The van der Waals surface area contributed by atoms with Gasteiger partial charge in [0.25, 0.3) is 0 Å². The predicted molar refractivity (Wildman–Crippen MR) is 73.2 cm³/mol. The molecule has 1 radical (unpaired) electrons. The Bertz CT molecular complexity index is 677. The zero-order valence-electron chi connectivity index (χ0n) is 10.4. The molecule has 0 atom stereocenters. The van der Waals surface area contributed by atoms with Gasteiger partial charge in [0.2, 0.25) is 0 Å². The van der Waals surface area contributed by atoms with Crippen molar-refractivity contribution in [2.75, 3.05) is 6.61 Å². The fourth-order valence-corrected chi connectivity index (χ4v) is 2.10. The third-order valence-corrected chi connectivity index (χ3v) is 3.31. The van der Waals surface area contributed by atoms with Gasteiger partial charge in [-0.2, -0.15) is 0 Å². The van der Waals surface area contributed by atoms with Crippen LogP contribution in [0, 0.1) is 0 Å². The Morgan fingerprint density at radius 2 is 1.89 bits per heavy atom. The van der Waals surface area contributed by atoms with Gasteiger partial charge in [0.15, 0.2) is 0 Å². The number of aromatic nitrogens is 2. The topological polar surface area (TPSA) is 53.2 Å². The molecule has 2 aromatic rings. The van der Waals surface area contributed by atoms with Crippen molar-refractivity contribution < 1.29 is 4.74 Å². The molecule has 6 heteroatoms. The molecule has 0 N–H and O–H groups in total. The number of nitrogens with zero attached hydrogens (tertiary/aromatic N) is 2. The molecule has 0 bridgehead atoms. The first-order valence-electron chi connectivity index (χ1n) is 5.82. The van der Waals surface area contributed by atoms with Crippen LogP contribution in [0.1, 0.15) is 6.92 Å². The normalized spacial score (nSPS) is 10.6. The van der Waals surface area contributed by atoms with E-state index in [0.29, 0.717) is 12.2 Å². The first kappa shape index (κ1) is 13.8. The van der Waals surface area contributed by atoms with Gasteiger partial charge >= 0.3 is 118 Å². The van der Waals surface area contributed by atoms with Gasteiger partial charge in [-0.15, -0.1) is 0 Å². The number of hydrogen-bond acceptors (Lipinski definition) is 3. The third-order valence-electron chi connectivity index (χ3n) is 2.64. The summed E-state index contributed by atoms with van der Waals surface area (Å²) in [5, 5.41) is 0. The van der Waals surface area contributed by atoms with Crippen LogP contribution in [0.4, 0.5) is 0 Å². The molecule has 1 aromatic heterocycles. The zero-order valence-corrected chi connectivity index (χ0v) is 12.1. The van der Waals surface area contributed by atoms with Crippen molar-refractivity contribution in [1.82, 2.24) is 8.15 Å². The van der Waals surface area contributed by atoms with Crippen molar-refractivity contribution in [3.8, 4) is 11.1 Å². The van der Waals surface area contributed by atoms with E-state index >= 15 is 0 Å². The predicted octanol–water partition coefficient (Wildman–Crippen LogP) is 0.603. The van der Waals surface area contributed by atoms with Crippen LogP contribution in [0.2, 0.25) is 0 Å². The average Bonchev–Trinajstić information content (AvgIpc) is 2.45. The molecular formula is C13H13N2O3Se. The fourth-order valence-electron chi connectivity index (χ4n) is 1.68. The van der Waals surface area contributed by atoms with Crippen molar-refractivity contribution in [3.63, 3.8) is 0 Å². The van der Waals surface area contributed by atoms with Crippen LogP contribution in [0.25, 0.3) is 11.1 Å². The summed E-state index contributed by atoms with van der Waals surface area (Å²) in [6, 6.07) is 9.21. The second kappa shape index (κ2) is 6.01. The average molecular weight is 324 g/mol. The van der Waals surface area contributed by atoms with Gasteiger partial charge < -0.3 is 0 Å². The molecule has 5 nitrogen and oxygen atoms in total. The van der Waals surface area contributed by atoms with E-state index in [1.807, 2.05) is 37.3 Å². The minimum atomic E-state index is -0.432. The Labute approximate surface area is 118 Å². The summed E-state index contributed by atoms with van der Waals surface area (Å²) in [6.45, 7) is 2.47. The van der Waals surface area contributed by atoms with Crippen molar-refractivity contribution in [1.29, 1.82) is 0 Å². The summed E-state index contributed by atoms with van der Waals surface area (Å²) in [5.74, 6) is 0. The maximum absolute atomic E-state index is 12.1. The first-order chi connectivity index (χ1) is 9.15. The molecule has 0 fully saturated rings. The molecule has 0 saturated heterocycles. The van der Waals surface area contributed by atoms with E-state index in [1.165, 1.54) is 10.8 Å². The summed E-state index contributed by atoms with van der Waals surface area (Å²) in [7, 11) is 0. The van der Waals surface area contributed by atoms with Crippen molar-refractivity contribution in [2.24, 2.45) is 0 Å². The Morgan fingerprint density at radius 1 is 1.21 bits per heavy atom. The summed E-state index contributed by atoms with van der Waals surface area (Å²) in [5.41, 5.74) is 0.433. The second-order valence-corrected chi connectivity index (χ2v) is 4.65. The number of rotatable bonds is 4. The number of ether oxygens (including phenoxy) is 1. The molecule has 0 saturated carbocycles. The SMILES string of the molecule is CCOCn1cc(-c2ccccc2)c(=O)n([Se])c1=O. The molecule has 19 heavy (non-hydrogen) atoms. The summed E-state index contributed by atoms with van der Waals surface area (Å²) in [4.78, 5) is 24.0. The van der Waals surface area contributed by atoms with Gasteiger partial charge in [0, 0.05) is 0 Å². The van der Waals surface area contributed by atoms with E-state index < -0.39 is 5.69 Å². The summed E-state index contributed by atoms with van der Waals surface area (Å²) in [6.07, 6.45) is 1.53. The van der Waals surface area contributed by atoms with Crippen LogP contribution in [0.5, 0.6) is 0 Å². The van der Waals surface area contributed by atoms with Crippen molar-refractivity contribution in [3.05, 3.63) is 57.4 Å². The van der Waals surface area contributed by atoms with Crippen LogP contribution in [0.15, 0.2) is 46.1 Å². The van der Waals surface area contributed by atoms with Crippen LogP contribution in [0.3, 0.4) is 0 Å². The zero-order chi connectivity index (χ0) is 13.8. The van der Waals surface area contributed by atoms with E-state index in [4.69, 9.17) is 4.74 Å². The molecular weight excluding hydrogens is 311 g/mol. The molecule has 0 spiro atoms. The van der Waals surface area contributed by atoms with E-state index in [0.717, 1.165) is 9.15 Å². The second-order valence-electron chi connectivity index (χ2n) is 3.88. The maximum atomic E-state index is 12.1. The molecule has 99 valence electrons. The van der Waals surface area contributed by atoms with Crippen LogP contribution >= 0.6 is 0 Å². The molecule has 0 aliphatic heterocycles. The standard InChI is InChI=1S/C13H13N2O3Se/c1-2-18-9-14-8-11(10-6-4-3-5-7-10)12(16)15(19)13(14)17/h3-8H,2,9H2,1H3. The monoisotopic (exact) mass is 325 g/mol. The van der Waals surface area contributed by atoms with Gasteiger partial charge in [-0.3, -0.25) is 0 Å². The fraction of sp³-hybridized carbons (Fsp3) is 0.231. The Morgan fingerprint density at radius 3 is 2.53 bits per heavy atom. The summed E-state index contributed by atoms with van der Waals surface area (Å²) >= 11 is 2.48. The third kappa shape index (κ3) is 2.87. The number of benzene rings is 1. The van der Waals surface area contributed by atoms with Crippen molar-refractivity contribution in [2.45, 2.75) is 13.7 Å². The molecule has 2 rings (SSSR count). The van der Waals surface area contributed by atoms with Gasteiger partial charge in [0.1, 0.15) is 0 Å². The first-order valence-corrected chi connectivity index (χ1v) is 6.59. The molecule has 0 aliphatic carbocycles. The van der Waals surface area contributed by atoms with Gasteiger partial charge in [-0.05, 0) is 0 Å². The van der Waals surface area contributed by atoms with Crippen LogP contribution in [-0.2, 0) is 11.5 Å². The molecule has 0 aliphatic rings. The van der Waals surface area contributed by atoms with Crippen LogP contribution in [-0.4, -0.2) is 31.0 Å². The molecule has 0 amide bonds. The van der Waals surface area contributed by atoms with Gasteiger partial charge in [-0.25, -0.2) is 0 Å². The van der Waals surface area contributed by atoms with E-state index in [-0.39, 0.29) is 12.3 Å². The van der Waals surface area contributed by atoms with Crippen LogP contribution < -0.4 is 11.2 Å².